The summed E-state index contributed by atoms with van der Waals surface area (Å²) in [5, 5.41) is 6.54. The number of benzene rings is 1. The molecule has 2 aliphatic heterocycles. The van der Waals surface area contributed by atoms with Crippen LogP contribution in [0.15, 0.2) is 36.5 Å². The number of anilines is 2. The molecule has 3 heterocycles. The van der Waals surface area contributed by atoms with Crippen molar-refractivity contribution in [3.8, 4) is 0 Å². The van der Waals surface area contributed by atoms with Crippen LogP contribution in [0.25, 0.3) is 0 Å². The number of carbonyl (C=O) groups is 3. The number of nitrogens with one attached hydrogen (secondary N) is 2. The van der Waals surface area contributed by atoms with Gasteiger partial charge in [-0.2, -0.15) is 0 Å². The lowest BCUT2D eigenvalue weighted by Crippen LogP contribution is -2.50. The Labute approximate surface area is 211 Å². The van der Waals surface area contributed by atoms with Crippen LogP contribution in [0.1, 0.15) is 82.4 Å². The van der Waals surface area contributed by atoms with Gasteiger partial charge >= 0.3 is 0 Å². The van der Waals surface area contributed by atoms with E-state index in [1.54, 1.807) is 24.4 Å². The molecule has 4 N–H and O–H groups in total. The van der Waals surface area contributed by atoms with Crippen LogP contribution in [0.5, 0.6) is 0 Å². The number of carbonyl (C=O) groups excluding carboxylic acids is 3. The maximum Gasteiger partial charge on any atom is 0.251 e. The van der Waals surface area contributed by atoms with Crippen LogP contribution in [0.3, 0.4) is 0 Å². The van der Waals surface area contributed by atoms with E-state index in [2.05, 4.69) is 20.5 Å². The summed E-state index contributed by atoms with van der Waals surface area (Å²) in [6, 6.07) is 9.69. The molecule has 8 heteroatoms. The second-order valence-corrected chi connectivity index (χ2v) is 10.9. The topological polar surface area (TPSA) is 117 Å². The molecule has 0 spiro atoms. The number of pyridine rings is 1. The minimum absolute atomic E-state index is 0.0839. The van der Waals surface area contributed by atoms with E-state index < -0.39 is 5.91 Å². The molecule has 8 nitrogen and oxygen atoms in total. The molecule has 2 bridgehead atoms. The van der Waals surface area contributed by atoms with Crippen molar-refractivity contribution < 1.29 is 14.4 Å². The van der Waals surface area contributed by atoms with E-state index in [0.717, 1.165) is 50.9 Å². The van der Waals surface area contributed by atoms with Gasteiger partial charge in [-0.25, -0.2) is 4.98 Å². The number of piperidine rings is 1. The molecule has 2 amide bonds. The van der Waals surface area contributed by atoms with E-state index in [1.165, 1.54) is 12.8 Å². The summed E-state index contributed by atoms with van der Waals surface area (Å²) in [5.41, 5.74) is 7.83. The highest BCUT2D eigenvalue weighted by molar-refractivity contribution is 6.02. The summed E-state index contributed by atoms with van der Waals surface area (Å²) < 4.78 is 0. The zero-order valence-corrected chi connectivity index (χ0v) is 20.4. The summed E-state index contributed by atoms with van der Waals surface area (Å²) in [7, 11) is 0. The lowest BCUT2D eigenvalue weighted by molar-refractivity contribution is 0.0924. The number of nitrogens with zero attached hydrogens (tertiary/aromatic N) is 2. The number of rotatable bonds is 9. The third-order valence-electron chi connectivity index (χ3n) is 8.14. The molecule has 4 fully saturated rings. The Morgan fingerprint density at radius 1 is 0.944 bits per heavy atom. The Morgan fingerprint density at radius 2 is 1.67 bits per heavy atom. The van der Waals surface area contributed by atoms with Gasteiger partial charge in [0.05, 0.1) is 5.56 Å². The Hall–Kier alpha value is -3.42. The van der Waals surface area contributed by atoms with Gasteiger partial charge in [0.25, 0.3) is 11.8 Å². The monoisotopic (exact) mass is 487 g/mol. The van der Waals surface area contributed by atoms with Gasteiger partial charge in [0.2, 0.25) is 0 Å². The highest BCUT2D eigenvalue weighted by atomic mass is 16.2. The van der Waals surface area contributed by atoms with E-state index >= 15 is 0 Å². The Balaban J connectivity index is 1.10. The Kier molecular flexibility index (Phi) is 5.90. The molecule has 2 atom stereocenters. The normalized spacial score (nSPS) is 24.9. The molecule has 0 radical (unpaired) electrons. The molecule has 1 aromatic carbocycles. The van der Waals surface area contributed by atoms with E-state index in [-0.39, 0.29) is 23.7 Å². The maximum absolute atomic E-state index is 13.1. The van der Waals surface area contributed by atoms with Crippen LogP contribution < -0.4 is 21.3 Å². The third kappa shape index (κ3) is 4.68. The minimum Gasteiger partial charge on any atom is -0.384 e. The fourth-order valence-corrected chi connectivity index (χ4v) is 5.83. The Morgan fingerprint density at radius 3 is 2.28 bits per heavy atom. The summed E-state index contributed by atoms with van der Waals surface area (Å²) in [6.07, 6.45) is 9.98. The van der Waals surface area contributed by atoms with E-state index in [0.29, 0.717) is 40.4 Å². The number of hydrogen-bond donors (Lipinski definition) is 3. The summed E-state index contributed by atoms with van der Waals surface area (Å²) in [6.45, 7) is 0.789. The first-order valence-corrected chi connectivity index (χ1v) is 13.2. The van der Waals surface area contributed by atoms with Gasteiger partial charge in [0.15, 0.2) is 5.78 Å². The summed E-state index contributed by atoms with van der Waals surface area (Å²) in [5.74, 6) is 1.35. The van der Waals surface area contributed by atoms with Crippen LogP contribution >= 0.6 is 0 Å². The summed E-state index contributed by atoms with van der Waals surface area (Å²) >= 11 is 0. The molecule has 1 aromatic heterocycles. The van der Waals surface area contributed by atoms with Gasteiger partial charge in [-0.15, -0.1) is 0 Å². The predicted molar refractivity (Wildman–Crippen MR) is 137 cm³/mol. The van der Waals surface area contributed by atoms with Crippen LogP contribution in [0, 0.1) is 11.8 Å². The molecule has 2 aromatic rings. The number of ketones is 1. The quantitative estimate of drug-likeness (QED) is 0.466. The van der Waals surface area contributed by atoms with E-state index in [9.17, 15) is 14.4 Å². The maximum atomic E-state index is 13.1. The van der Waals surface area contributed by atoms with Crippen molar-refractivity contribution in [1.82, 2.24) is 10.3 Å². The first-order valence-electron chi connectivity index (χ1n) is 13.2. The number of aromatic nitrogens is 1. The molecule has 2 aliphatic carbocycles. The third-order valence-corrected chi connectivity index (χ3v) is 8.14. The van der Waals surface area contributed by atoms with Crippen molar-refractivity contribution in [3.63, 3.8) is 0 Å². The van der Waals surface area contributed by atoms with Gasteiger partial charge in [-0.3, -0.25) is 14.4 Å². The SMILES string of the molecule is NC(=O)c1ccc(C(=O)NC2CC3CCC(C2)N3c2ccc(C(=O)C3CC3)cn2)cc1NCC1CC1. The van der Waals surface area contributed by atoms with Crippen LogP contribution in [0.2, 0.25) is 0 Å². The minimum atomic E-state index is -0.497. The van der Waals surface area contributed by atoms with Crippen molar-refractivity contribution in [2.24, 2.45) is 17.6 Å². The lowest BCUT2D eigenvalue weighted by Gasteiger charge is -2.40. The van der Waals surface area contributed by atoms with Gasteiger partial charge in [0, 0.05) is 53.6 Å². The number of fused-ring (bicyclic) bond motifs is 2. The fraction of sp³-hybridized carbons (Fsp3) is 0.500. The van der Waals surface area contributed by atoms with Gasteiger partial charge < -0.3 is 21.3 Å². The molecular formula is C28H33N5O3. The number of Topliss-reactive ketones (excluding diaryl/α,β-unsaturated/α-hetero) is 1. The first-order chi connectivity index (χ1) is 17.5. The van der Waals surface area contributed by atoms with E-state index in [4.69, 9.17) is 5.73 Å². The zero-order chi connectivity index (χ0) is 24.8. The summed E-state index contributed by atoms with van der Waals surface area (Å²) in [4.78, 5) is 44.3. The molecule has 4 aliphatic rings. The number of amides is 2. The van der Waals surface area contributed by atoms with Crippen molar-refractivity contribution in [1.29, 1.82) is 0 Å². The van der Waals surface area contributed by atoms with E-state index in [1.807, 2.05) is 12.1 Å². The molecule has 2 saturated heterocycles. The van der Waals surface area contributed by atoms with Crippen molar-refractivity contribution in [2.75, 3.05) is 16.8 Å². The van der Waals surface area contributed by atoms with Crippen molar-refractivity contribution >= 4 is 29.1 Å². The zero-order valence-electron chi connectivity index (χ0n) is 20.4. The number of primary amides is 1. The number of hydrogen-bond acceptors (Lipinski definition) is 6. The van der Waals surface area contributed by atoms with Gasteiger partial charge in [-0.1, -0.05) is 0 Å². The number of nitrogens with two attached hydrogens (primary N) is 1. The molecule has 188 valence electrons. The molecule has 2 unspecified atom stereocenters. The van der Waals surface area contributed by atoms with Gasteiger partial charge in [-0.05, 0) is 87.6 Å². The van der Waals surface area contributed by atoms with Crippen LogP contribution in [-0.2, 0) is 0 Å². The fourth-order valence-electron chi connectivity index (χ4n) is 5.83. The largest absolute Gasteiger partial charge is 0.384 e. The second-order valence-electron chi connectivity index (χ2n) is 10.9. The average molecular weight is 488 g/mol. The standard InChI is InChI=1S/C28H33N5O3/c29-27(35)23-9-5-18(11-24(23)30-14-16-1-2-16)28(36)32-20-12-21-7-8-22(13-20)33(21)25-10-6-19(15-31-25)26(34)17-3-4-17/h5-6,9-11,15-17,20-22,30H,1-4,7-8,12-14H2,(H2,29,35)(H,32,36). The van der Waals surface area contributed by atoms with Gasteiger partial charge in [0.1, 0.15) is 5.82 Å². The molecule has 2 saturated carbocycles. The lowest BCUT2D eigenvalue weighted by atomic mass is 9.96. The molecular weight excluding hydrogens is 454 g/mol. The predicted octanol–water partition coefficient (Wildman–Crippen LogP) is 3.52. The highest BCUT2D eigenvalue weighted by Gasteiger charge is 2.42. The smallest absolute Gasteiger partial charge is 0.251 e. The first kappa shape index (κ1) is 23.0. The highest BCUT2D eigenvalue weighted by Crippen LogP contribution is 2.39. The van der Waals surface area contributed by atoms with Crippen LogP contribution in [0.4, 0.5) is 11.5 Å². The average Bonchev–Trinajstić information content (AvgIpc) is 3.80. The van der Waals surface area contributed by atoms with Crippen LogP contribution in [-0.4, -0.2) is 47.3 Å². The van der Waals surface area contributed by atoms with Crippen molar-refractivity contribution in [3.05, 3.63) is 53.2 Å². The van der Waals surface area contributed by atoms with Crippen molar-refractivity contribution in [2.45, 2.75) is 69.5 Å². The Bertz CT molecular complexity index is 1170. The second kappa shape index (κ2) is 9.22. The molecule has 6 rings (SSSR count). The molecule has 36 heavy (non-hydrogen) atoms.